The Bertz CT molecular complexity index is 713. The Hall–Kier alpha value is -2.66. The van der Waals surface area contributed by atoms with Gasteiger partial charge in [-0.05, 0) is 49.5 Å². The Balaban J connectivity index is 1.65. The number of anilines is 1. The van der Waals surface area contributed by atoms with Gasteiger partial charge in [-0.15, -0.1) is 0 Å². The molecule has 0 aliphatic carbocycles. The lowest BCUT2D eigenvalue weighted by Crippen LogP contribution is -2.37. The van der Waals surface area contributed by atoms with E-state index in [4.69, 9.17) is 0 Å². The van der Waals surface area contributed by atoms with Crippen LogP contribution in [0.1, 0.15) is 30.9 Å². The fourth-order valence-electron chi connectivity index (χ4n) is 3.21. The molecular weight excluding hydrogens is 326 g/mol. The number of hydrogen-bond acceptors (Lipinski definition) is 3. The van der Waals surface area contributed by atoms with Gasteiger partial charge in [0.2, 0.25) is 5.91 Å². The van der Waals surface area contributed by atoms with Gasteiger partial charge in [-0.1, -0.05) is 48.5 Å². The second-order valence-electron chi connectivity index (χ2n) is 6.66. The maximum absolute atomic E-state index is 12.8. The van der Waals surface area contributed by atoms with Crippen LogP contribution in [0.4, 0.5) is 5.69 Å². The Labute approximate surface area is 154 Å². The number of carbonyl (C=O) groups excluding carboxylic acids is 2. The average Bonchev–Trinajstić information content (AvgIpc) is 3.19. The van der Waals surface area contributed by atoms with E-state index >= 15 is 0 Å². The van der Waals surface area contributed by atoms with Gasteiger partial charge in [0.25, 0.3) is 5.91 Å². The molecule has 1 heterocycles. The van der Waals surface area contributed by atoms with Crippen LogP contribution in [0.5, 0.6) is 0 Å². The second kappa shape index (κ2) is 9.15. The van der Waals surface area contributed by atoms with Crippen molar-refractivity contribution in [3.05, 3.63) is 66.2 Å². The smallest absolute Gasteiger partial charge is 0.251 e. The van der Waals surface area contributed by atoms with Gasteiger partial charge in [-0.25, -0.2) is 0 Å². The van der Waals surface area contributed by atoms with E-state index in [-0.39, 0.29) is 11.8 Å². The van der Waals surface area contributed by atoms with Gasteiger partial charge in [0.15, 0.2) is 0 Å². The molecule has 0 aromatic heterocycles. The highest BCUT2D eigenvalue weighted by Crippen LogP contribution is 2.18. The van der Waals surface area contributed by atoms with E-state index in [2.05, 4.69) is 16.0 Å². The van der Waals surface area contributed by atoms with E-state index in [1.165, 1.54) is 0 Å². The SMILES string of the molecule is O=C(CCC1CCNC1)NC(C(=O)Nc1ccccc1)c1ccccc1. The highest BCUT2D eigenvalue weighted by atomic mass is 16.2. The highest BCUT2D eigenvalue weighted by molar-refractivity contribution is 5.97. The quantitative estimate of drug-likeness (QED) is 0.718. The van der Waals surface area contributed by atoms with Crippen molar-refractivity contribution in [1.29, 1.82) is 0 Å². The molecule has 5 nitrogen and oxygen atoms in total. The highest BCUT2D eigenvalue weighted by Gasteiger charge is 2.23. The molecule has 1 fully saturated rings. The molecule has 0 spiro atoms. The van der Waals surface area contributed by atoms with Gasteiger partial charge in [0.05, 0.1) is 0 Å². The Kier molecular flexibility index (Phi) is 6.39. The first-order chi connectivity index (χ1) is 12.7. The van der Waals surface area contributed by atoms with Gasteiger partial charge in [-0.2, -0.15) is 0 Å². The zero-order valence-corrected chi connectivity index (χ0v) is 14.8. The number of amides is 2. The number of nitrogens with one attached hydrogen (secondary N) is 3. The molecule has 136 valence electrons. The molecule has 0 saturated carbocycles. The predicted molar refractivity (Wildman–Crippen MR) is 103 cm³/mol. The molecule has 2 amide bonds. The summed E-state index contributed by atoms with van der Waals surface area (Å²) in [6, 6.07) is 17.9. The largest absolute Gasteiger partial charge is 0.341 e. The maximum Gasteiger partial charge on any atom is 0.251 e. The Morgan fingerprint density at radius 1 is 1.04 bits per heavy atom. The lowest BCUT2D eigenvalue weighted by molar-refractivity contribution is -0.126. The third-order valence-corrected chi connectivity index (χ3v) is 4.68. The fourth-order valence-corrected chi connectivity index (χ4v) is 3.21. The summed E-state index contributed by atoms with van der Waals surface area (Å²) in [6.07, 6.45) is 2.40. The second-order valence-corrected chi connectivity index (χ2v) is 6.66. The molecule has 2 atom stereocenters. The third kappa shape index (κ3) is 5.17. The molecule has 1 saturated heterocycles. The van der Waals surface area contributed by atoms with Gasteiger partial charge in [0.1, 0.15) is 6.04 Å². The van der Waals surface area contributed by atoms with Crippen molar-refractivity contribution in [2.45, 2.75) is 25.3 Å². The first-order valence-electron chi connectivity index (χ1n) is 9.13. The summed E-state index contributed by atoms with van der Waals surface area (Å²) in [5, 5.41) is 9.10. The summed E-state index contributed by atoms with van der Waals surface area (Å²) in [6.45, 7) is 2.00. The molecule has 0 bridgehead atoms. The van der Waals surface area contributed by atoms with E-state index in [1.807, 2.05) is 60.7 Å². The summed E-state index contributed by atoms with van der Waals surface area (Å²) >= 11 is 0. The van der Waals surface area contributed by atoms with Gasteiger partial charge in [-0.3, -0.25) is 9.59 Å². The first kappa shape index (κ1) is 18.1. The number of para-hydroxylation sites is 1. The van der Waals surface area contributed by atoms with Crippen LogP contribution < -0.4 is 16.0 Å². The molecule has 0 radical (unpaired) electrons. The van der Waals surface area contributed by atoms with Crippen molar-refractivity contribution in [2.75, 3.05) is 18.4 Å². The lowest BCUT2D eigenvalue weighted by Gasteiger charge is -2.19. The standard InChI is InChI=1S/C21H25N3O2/c25-19(12-11-16-13-14-22-15-16)24-20(17-7-3-1-4-8-17)21(26)23-18-9-5-2-6-10-18/h1-10,16,20,22H,11-15H2,(H,23,26)(H,24,25). The monoisotopic (exact) mass is 351 g/mol. The van der Waals surface area contributed by atoms with E-state index in [9.17, 15) is 9.59 Å². The van der Waals surface area contributed by atoms with Crippen molar-refractivity contribution in [3.63, 3.8) is 0 Å². The van der Waals surface area contributed by atoms with Crippen LogP contribution in [0.2, 0.25) is 0 Å². The molecule has 1 aliphatic heterocycles. The van der Waals surface area contributed by atoms with Crippen molar-refractivity contribution < 1.29 is 9.59 Å². The molecule has 2 unspecified atom stereocenters. The van der Waals surface area contributed by atoms with Crippen LogP contribution in [-0.4, -0.2) is 24.9 Å². The third-order valence-electron chi connectivity index (χ3n) is 4.68. The summed E-state index contributed by atoms with van der Waals surface area (Å²) in [7, 11) is 0. The molecule has 5 heteroatoms. The van der Waals surface area contributed by atoms with E-state index in [1.54, 1.807) is 0 Å². The number of benzene rings is 2. The summed E-state index contributed by atoms with van der Waals surface area (Å²) < 4.78 is 0. The topological polar surface area (TPSA) is 70.2 Å². The van der Waals surface area contributed by atoms with Crippen LogP contribution in [-0.2, 0) is 9.59 Å². The number of hydrogen-bond donors (Lipinski definition) is 3. The Morgan fingerprint density at radius 3 is 2.38 bits per heavy atom. The van der Waals surface area contributed by atoms with Crippen LogP contribution >= 0.6 is 0 Å². The minimum absolute atomic E-state index is 0.0889. The van der Waals surface area contributed by atoms with Gasteiger partial charge in [0, 0.05) is 12.1 Å². The number of carbonyl (C=O) groups is 2. The Morgan fingerprint density at radius 2 is 1.73 bits per heavy atom. The minimum atomic E-state index is -0.703. The molecule has 1 aliphatic rings. The van der Waals surface area contributed by atoms with E-state index in [0.717, 1.165) is 31.5 Å². The van der Waals surface area contributed by atoms with Crippen molar-refractivity contribution in [1.82, 2.24) is 10.6 Å². The maximum atomic E-state index is 12.8. The van der Waals surface area contributed by atoms with E-state index < -0.39 is 6.04 Å². The normalized spacial score (nSPS) is 17.5. The summed E-state index contributed by atoms with van der Waals surface area (Å²) in [5.74, 6) is 0.223. The van der Waals surface area contributed by atoms with Crippen LogP contribution in [0.3, 0.4) is 0 Å². The molecule has 2 aromatic carbocycles. The van der Waals surface area contributed by atoms with Crippen molar-refractivity contribution >= 4 is 17.5 Å². The summed E-state index contributed by atoms with van der Waals surface area (Å²) in [5.41, 5.74) is 1.49. The average molecular weight is 351 g/mol. The van der Waals surface area contributed by atoms with Crippen LogP contribution in [0.15, 0.2) is 60.7 Å². The molecular formula is C21H25N3O2. The van der Waals surface area contributed by atoms with E-state index in [0.29, 0.717) is 18.0 Å². The summed E-state index contributed by atoms with van der Waals surface area (Å²) in [4.78, 5) is 25.2. The minimum Gasteiger partial charge on any atom is -0.341 e. The van der Waals surface area contributed by atoms with Gasteiger partial charge < -0.3 is 16.0 Å². The zero-order valence-electron chi connectivity index (χ0n) is 14.8. The number of rotatable bonds is 7. The molecule has 3 rings (SSSR count). The molecule has 2 aromatic rings. The zero-order chi connectivity index (χ0) is 18.2. The molecule has 3 N–H and O–H groups in total. The molecule has 26 heavy (non-hydrogen) atoms. The van der Waals surface area contributed by atoms with Crippen LogP contribution in [0, 0.1) is 5.92 Å². The fraction of sp³-hybridized carbons (Fsp3) is 0.333. The first-order valence-corrected chi connectivity index (χ1v) is 9.13. The predicted octanol–water partition coefficient (Wildman–Crippen LogP) is 2.87. The van der Waals surface area contributed by atoms with Crippen LogP contribution in [0.25, 0.3) is 0 Å². The van der Waals surface area contributed by atoms with Crippen molar-refractivity contribution in [2.24, 2.45) is 5.92 Å². The van der Waals surface area contributed by atoms with Gasteiger partial charge >= 0.3 is 0 Å². The lowest BCUT2D eigenvalue weighted by atomic mass is 10.0. The van der Waals surface area contributed by atoms with Crippen molar-refractivity contribution in [3.8, 4) is 0 Å².